The number of hydrogen-bond acceptors (Lipinski definition) is 2. The molecular weight excluding hydrogens is 202 g/mol. The molecule has 0 heterocycles. The van der Waals surface area contributed by atoms with E-state index in [9.17, 15) is 4.79 Å². The van der Waals surface area contributed by atoms with Gasteiger partial charge in [0.15, 0.2) is 0 Å². The smallest absolute Gasteiger partial charge is 0.335 e. The third-order valence-electron chi connectivity index (χ3n) is 3.31. The van der Waals surface area contributed by atoms with Crippen LogP contribution in [0.1, 0.15) is 27.9 Å². The van der Waals surface area contributed by atoms with E-state index >= 15 is 0 Å². The standard InChI is InChI=1S/C13H17NO2/c1-14-8-9-5-6-10-3-2-4-11(13(15)16)12(10)7-9/h2-4,9,14H,5-8H2,1H3,(H,15,16). The molecule has 86 valence electrons. The van der Waals surface area contributed by atoms with Crippen LogP contribution in [-0.2, 0) is 12.8 Å². The van der Waals surface area contributed by atoms with Gasteiger partial charge in [0.25, 0.3) is 0 Å². The molecule has 0 saturated heterocycles. The van der Waals surface area contributed by atoms with Crippen molar-refractivity contribution in [2.24, 2.45) is 5.92 Å². The highest BCUT2D eigenvalue weighted by molar-refractivity contribution is 5.89. The molecule has 1 aliphatic carbocycles. The summed E-state index contributed by atoms with van der Waals surface area (Å²) in [6.45, 7) is 0.966. The Balaban J connectivity index is 2.30. The molecule has 0 fully saturated rings. The molecule has 3 heteroatoms. The Morgan fingerprint density at radius 2 is 2.38 bits per heavy atom. The maximum Gasteiger partial charge on any atom is 0.335 e. The molecule has 1 aliphatic rings. The van der Waals surface area contributed by atoms with Crippen molar-refractivity contribution < 1.29 is 9.90 Å². The van der Waals surface area contributed by atoms with Gasteiger partial charge in [0.2, 0.25) is 0 Å². The van der Waals surface area contributed by atoms with E-state index in [4.69, 9.17) is 5.11 Å². The minimum atomic E-state index is -0.804. The normalized spacial score (nSPS) is 19.2. The number of aryl methyl sites for hydroxylation is 1. The van der Waals surface area contributed by atoms with E-state index in [0.717, 1.165) is 31.4 Å². The van der Waals surface area contributed by atoms with Crippen LogP contribution in [0.3, 0.4) is 0 Å². The number of rotatable bonds is 3. The third-order valence-corrected chi connectivity index (χ3v) is 3.31. The van der Waals surface area contributed by atoms with Crippen LogP contribution in [0.5, 0.6) is 0 Å². The molecule has 0 aromatic heterocycles. The van der Waals surface area contributed by atoms with Crippen molar-refractivity contribution in [3.05, 3.63) is 34.9 Å². The van der Waals surface area contributed by atoms with Crippen LogP contribution in [0, 0.1) is 5.92 Å². The predicted molar refractivity (Wildman–Crippen MR) is 62.8 cm³/mol. The van der Waals surface area contributed by atoms with E-state index in [1.54, 1.807) is 6.07 Å². The van der Waals surface area contributed by atoms with E-state index in [1.807, 2.05) is 13.1 Å². The van der Waals surface area contributed by atoms with Crippen LogP contribution >= 0.6 is 0 Å². The average Bonchev–Trinajstić information content (AvgIpc) is 2.28. The second-order valence-electron chi connectivity index (χ2n) is 4.41. The fourth-order valence-electron chi connectivity index (χ4n) is 2.52. The van der Waals surface area contributed by atoms with Gasteiger partial charge in [-0.25, -0.2) is 4.79 Å². The first-order chi connectivity index (χ1) is 7.72. The fraction of sp³-hybridized carbons (Fsp3) is 0.462. The summed E-state index contributed by atoms with van der Waals surface area (Å²) in [5.41, 5.74) is 2.74. The van der Waals surface area contributed by atoms with Crippen LogP contribution in [0.2, 0.25) is 0 Å². The van der Waals surface area contributed by atoms with Gasteiger partial charge in [-0.05, 0) is 56.0 Å². The number of fused-ring (bicyclic) bond motifs is 1. The molecule has 3 nitrogen and oxygen atoms in total. The van der Waals surface area contributed by atoms with Crippen molar-refractivity contribution >= 4 is 5.97 Å². The summed E-state index contributed by atoms with van der Waals surface area (Å²) >= 11 is 0. The Bertz CT molecular complexity index is 401. The summed E-state index contributed by atoms with van der Waals surface area (Å²) in [7, 11) is 1.94. The Labute approximate surface area is 95.5 Å². The molecule has 1 unspecified atom stereocenters. The van der Waals surface area contributed by atoms with E-state index in [0.29, 0.717) is 11.5 Å². The lowest BCUT2D eigenvalue weighted by molar-refractivity contribution is 0.0695. The highest BCUT2D eigenvalue weighted by atomic mass is 16.4. The monoisotopic (exact) mass is 219 g/mol. The number of benzene rings is 1. The molecule has 1 atom stereocenters. The topological polar surface area (TPSA) is 49.3 Å². The summed E-state index contributed by atoms with van der Waals surface area (Å²) in [5, 5.41) is 12.3. The summed E-state index contributed by atoms with van der Waals surface area (Å²) in [4.78, 5) is 11.1. The van der Waals surface area contributed by atoms with Gasteiger partial charge in [-0.3, -0.25) is 0 Å². The molecular formula is C13H17NO2. The number of hydrogen-bond donors (Lipinski definition) is 2. The minimum absolute atomic E-state index is 0.485. The van der Waals surface area contributed by atoms with Gasteiger partial charge in [0.05, 0.1) is 5.56 Å². The van der Waals surface area contributed by atoms with Crippen LogP contribution in [0.4, 0.5) is 0 Å². The molecule has 2 rings (SSSR count). The van der Waals surface area contributed by atoms with Gasteiger partial charge in [-0.2, -0.15) is 0 Å². The first-order valence-electron chi connectivity index (χ1n) is 5.71. The lowest BCUT2D eigenvalue weighted by Crippen LogP contribution is -2.26. The van der Waals surface area contributed by atoms with E-state index < -0.39 is 5.97 Å². The molecule has 0 amide bonds. The van der Waals surface area contributed by atoms with Crippen molar-refractivity contribution in [1.82, 2.24) is 5.32 Å². The van der Waals surface area contributed by atoms with Gasteiger partial charge < -0.3 is 10.4 Å². The second-order valence-corrected chi connectivity index (χ2v) is 4.41. The first kappa shape index (κ1) is 11.1. The highest BCUT2D eigenvalue weighted by Crippen LogP contribution is 2.27. The van der Waals surface area contributed by atoms with Gasteiger partial charge in [0.1, 0.15) is 0 Å². The van der Waals surface area contributed by atoms with Crippen LogP contribution < -0.4 is 5.32 Å². The number of aromatic carboxylic acids is 1. The van der Waals surface area contributed by atoms with Crippen molar-refractivity contribution in [2.75, 3.05) is 13.6 Å². The van der Waals surface area contributed by atoms with Gasteiger partial charge in [-0.1, -0.05) is 12.1 Å². The summed E-state index contributed by atoms with van der Waals surface area (Å²) in [5.74, 6) is -0.236. The van der Waals surface area contributed by atoms with Crippen molar-refractivity contribution in [2.45, 2.75) is 19.3 Å². The molecule has 0 spiro atoms. The Morgan fingerprint density at radius 1 is 1.56 bits per heavy atom. The number of carboxylic acids is 1. The van der Waals surface area contributed by atoms with E-state index in [-0.39, 0.29) is 0 Å². The zero-order valence-corrected chi connectivity index (χ0v) is 9.49. The van der Waals surface area contributed by atoms with Crippen LogP contribution in [0.25, 0.3) is 0 Å². The van der Waals surface area contributed by atoms with E-state index in [2.05, 4.69) is 11.4 Å². The lowest BCUT2D eigenvalue weighted by Gasteiger charge is -2.25. The van der Waals surface area contributed by atoms with Crippen LogP contribution in [-0.4, -0.2) is 24.7 Å². The maximum atomic E-state index is 11.1. The quantitative estimate of drug-likeness (QED) is 0.813. The largest absolute Gasteiger partial charge is 0.478 e. The first-order valence-corrected chi connectivity index (χ1v) is 5.71. The van der Waals surface area contributed by atoms with Gasteiger partial charge in [0, 0.05) is 0 Å². The zero-order valence-electron chi connectivity index (χ0n) is 9.49. The number of carbonyl (C=O) groups is 1. The zero-order chi connectivity index (χ0) is 11.5. The van der Waals surface area contributed by atoms with E-state index in [1.165, 1.54) is 5.56 Å². The van der Waals surface area contributed by atoms with Crippen LogP contribution in [0.15, 0.2) is 18.2 Å². The maximum absolute atomic E-state index is 11.1. The summed E-state index contributed by atoms with van der Waals surface area (Å²) in [6, 6.07) is 5.61. The number of nitrogens with one attached hydrogen (secondary N) is 1. The minimum Gasteiger partial charge on any atom is -0.478 e. The Morgan fingerprint density at radius 3 is 3.06 bits per heavy atom. The SMILES string of the molecule is CNCC1CCc2cccc(C(=O)O)c2C1. The molecule has 0 aliphatic heterocycles. The van der Waals surface area contributed by atoms with Crippen molar-refractivity contribution in [3.63, 3.8) is 0 Å². The molecule has 0 radical (unpaired) electrons. The molecule has 16 heavy (non-hydrogen) atoms. The lowest BCUT2D eigenvalue weighted by atomic mass is 9.81. The molecule has 0 saturated carbocycles. The molecule has 1 aromatic rings. The Kier molecular flexibility index (Phi) is 3.25. The average molecular weight is 219 g/mol. The summed E-state index contributed by atoms with van der Waals surface area (Å²) < 4.78 is 0. The third kappa shape index (κ3) is 2.09. The highest BCUT2D eigenvalue weighted by Gasteiger charge is 2.22. The van der Waals surface area contributed by atoms with Crippen molar-refractivity contribution in [3.8, 4) is 0 Å². The molecule has 0 bridgehead atoms. The van der Waals surface area contributed by atoms with Gasteiger partial charge >= 0.3 is 5.97 Å². The molecule has 1 aromatic carbocycles. The second kappa shape index (κ2) is 4.66. The Hall–Kier alpha value is -1.35. The fourth-order valence-corrected chi connectivity index (χ4v) is 2.52. The van der Waals surface area contributed by atoms with Gasteiger partial charge in [-0.15, -0.1) is 0 Å². The van der Waals surface area contributed by atoms with Crippen molar-refractivity contribution in [1.29, 1.82) is 0 Å². The molecule has 2 N–H and O–H groups in total. The summed E-state index contributed by atoms with van der Waals surface area (Å²) in [6.07, 6.45) is 3.04. The number of carboxylic acid groups (broad SMARTS) is 1. The predicted octanol–water partition coefficient (Wildman–Crippen LogP) is 1.71.